The van der Waals surface area contributed by atoms with Gasteiger partial charge in [0.1, 0.15) is 18.6 Å². The van der Waals surface area contributed by atoms with Crippen LogP contribution in [0.1, 0.15) is 29.5 Å². The van der Waals surface area contributed by atoms with Crippen molar-refractivity contribution in [2.75, 3.05) is 13.2 Å². The number of carbonyl (C=O) groups is 3. The fraction of sp³-hybridized carbons (Fsp3) is 0.323. The minimum Gasteiger partial charge on any atom is -0.481 e. The van der Waals surface area contributed by atoms with Crippen LogP contribution in [0.2, 0.25) is 0 Å². The molecule has 0 heterocycles. The predicted molar refractivity (Wildman–Crippen MR) is 145 cm³/mol. The van der Waals surface area contributed by atoms with E-state index in [4.69, 9.17) is 14.6 Å². The Morgan fingerprint density at radius 3 is 2.10 bits per heavy atom. The predicted octanol–water partition coefficient (Wildman–Crippen LogP) is 4.58. The molecule has 8 nitrogen and oxygen atoms in total. The molecule has 3 aromatic rings. The van der Waals surface area contributed by atoms with Crippen molar-refractivity contribution in [1.82, 2.24) is 10.6 Å². The second-order valence-corrected chi connectivity index (χ2v) is 10.3. The lowest BCUT2D eigenvalue weighted by Crippen LogP contribution is -2.53. The van der Waals surface area contributed by atoms with Gasteiger partial charge in [0, 0.05) is 12.5 Å². The average molecular weight is 565 g/mol. The van der Waals surface area contributed by atoms with E-state index < -0.39 is 54.4 Å². The van der Waals surface area contributed by atoms with E-state index in [1.807, 2.05) is 78.9 Å². The normalized spacial score (nSPS) is 19.8. The van der Waals surface area contributed by atoms with Gasteiger partial charge in [-0.25, -0.2) is 13.6 Å². The van der Waals surface area contributed by atoms with E-state index >= 15 is 0 Å². The maximum Gasteiger partial charge on any atom is 0.407 e. The highest BCUT2D eigenvalue weighted by atomic mass is 19.3. The quantitative estimate of drug-likeness (QED) is 0.314. The number of halogens is 2. The van der Waals surface area contributed by atoms with Gasteiger partial charge in [0.15, 0.2) is 0 Å². The Bertz CT molecular complexity index is 1390. The van der Waals surface area contributed by atoms with Crippen molar-refractivity contribution >= 4 is 18.0 Å². The molecule has 0 saturated heterocycles. The van der Waals surface area contributed by atoms with Crippen molar-refractivity contribution in [3.63, 3.8) is 0 Å². The van der Waals surface area contributed by atoms with Crippen molar-refractivity contribution in [3.8, 4) is 11.1 Å². The summed E-state index contributed by atoms with van der Waals surface area (Å²) in [5, 5.41) is 13.9. The molecular formula is C31H30F2N2O6. The minimum atomic E-state index is -3.41. The Balaban J connectivity index is 1.24. The molecular weight excluding hydrogens is 534 g/mol. The Kier molecular flexibility index (Phi) is 8.03. The fourth-order valence-electron chi connectivity index (χ4n) is 5.36. The second kappa shape index (κ2) is 11.7. The Morgan fingerprint density at radius 2 is 1.51 bits per heavy atom. The number of carboxylic acids is 1. The van der Waals surface area contributed by atoms with Crippen LogP contribution in [0.25, 0.3) is 11.1 Å². The highest BCUT2D eigenvalue weighted by molar-refractivity contribution is 5.86. The van der Waals surface area contributed by atoms with Crippen LogP contribution in [-0.2, 0) is 25.7 Å². The lowest BCUT2D eigenvalue weighted by molar-refractivity contribution is -0.141. The Labute approximate surface area is 235 Å². The molecule has 2 aliphatic carbocycles. The van der Waals surface area contributed by atoms with Crippen LogP contribution in [0.5, 0.6) is 0 Å². The number of rotatable bonds is 11. The van der Waals surface area contributed by atoms with Crippen LogP contribution in [0.3, 0.4) is 0 Å². The number of benzene rings is 3. The smallest absolute Gasteiger partial charge is 0.407 e. The van der Waals surface area contributed by atoms with Crippen molar-refractivity contribution in [3.05, 3.63) is 95.6 Å². The van der Waals surface area contributed by atoms with Crippen molar-refractivity contribution < 1.29 is 37.7 Å². The van der Waals surface area contributed by atoms with E-state index in [0.29, 0.717) is 0 Å². The number of aliphatic carboxylic acids is 1. The third-order valence-corrected chi connectivity index (χ3v) is 7.69. The van der Waals surface area contributed by atoms with E-state index in [0.717, 1.165) is 27.8 Å². The third-order valence-electron chi connectivity index (χ3n) is 7.69. The SMILES string of the molecule is CC(OCc1ccccc1)C(NC(=O)OCC1c2ccccc2-c2ccccc21)C(=O)NCC1C(C(=O)O)C1(F)F. The summed E-state index contributed by atoms with van der Waals surface area (Å²) in [6.07, 6.45) is -1.74. The third kappa shape index (κ3) is 5.92. The second-order valence-electron chi connectivity index (χ2n) is 10.3. The van der Waals surface area contributed by atoms with Gasteiger partial charge in [0.2, 0.25) is 5.91 Å². The zero-order chi connectivity index (χ0) is 29.1. The Morgan fingerprint density at radius 1 is 0.927 bits per heavy atom. The number of fused-ring (bicyclic) bond motifs is 3. The maximum atomic E-state index is 13.9. The van der Waals surface area contributed by atoms with Crippen LogP contribution in [0.15, 0.2) is 78.9 Å². The van der Waals surface area contributed by atoms with E-state index in [-0.39, 0.29) is 19.1 Å². The van der Waals surface area contributed by atoms with Crippen LogP contribution in [0, 0.1) is 11.8 Å². The number of alkyl halides is 2. The molecule has 1 fully saturated rings. The topological polar surface area (TPSA) is 114 Å². The van der Waals surface area contributed by atoms with Gasteiger partial charge in [-0.05, 0) is 34.7 Å². The molecule has 3 aromatic carbocycles. The van der Waals surface area contributed by atoms with Crippen LogP contribution in [-0.4, -0.2) is 54.3 Å². The van der Waals surface area contributed by atoms with Crippen molar-refractivity contribution in [2.24, 2.45) is 11.8 Å². The largest absolute Gasteiger partial charge is 0.481 e. The van der Waals surface area contributed by atoms with Gasteiger partial charge in [-0.15, -0.1) is 0 Å². The molecule has 5 rings (SSSR count). The number of hydrogen-bond donors (Lipinski definition) is 3. The van der Waals surface area contributed by atoms with Gasteiger partial charge in [0.05, 0.1) is 18.6 Å². The Hall–Kier alpha value is -4.31. The first kappa shape index (κ1) is 28.2. The van der Waals surface area contributed by atoms with Gasteiger partial charge in [-0.3, -0.25) is 9.59 Å². The lowest BCUT2D eigenvalue weighted by Gasteiger charge is -2.25. The van der Waals surface area contributed by atoms with Crippen molar-refractivity contribution in [1.29, 1.82) is 0 Å². The summed E-state index contributed by atoms with van der Waals surface area (Å²) in [6.45, 7) is 1.17. The first-order valence-electron chi connectivity index (χ1n) is 13.3. The summed E-state index contributed by atoms with van der Waals surface area (Å²) < 4.78 is 39.1. The zero-order valence-electron chi connectivity index (χ0n) is 22.3. The van der Waals surface area contributed by atoms with E-state index in [1.165, 1.54) is 0 Å². The number of nitrogens with one attached hydrogen (secondary N) is 2. The molecule has 2 aliphatic rings. The number of carboxylic acid groups (broad SMARTS) is 1. The molecule has 3 N–H and O–H groups in total. The maximum absolute atomic E-state index is 13.9. The van der Waals surface area contributed by atoms with Crippen molar-refractivity contribution in [2.45, 2.75) is 37.5 Å². The zero-order valence-corrected chi connectivity index (χ0v) is 22.3. The van der Waals surface area contributed by atoms with Crippen LogP contribution >= 0.6 is 0 Å². The fourth-order valence-corrected chi connectivity index (χ4v) is 5.36. The molecule has 0 spiro atoms. The molecule has 2 amide bonds. The van der Waals surface area contributed by atoms with Gasteiger partial charge >= 0.3 is 12.1 Å². The van der Waals surface area contributed by atoms with E-state index in [9.17, 15) is 23.2 Å². The van der Waals surface area contributed by atoms with Gasteiger partial charge in [0.25, 0.3) is 5.92 Å². The number of hydrogen-bond acceptors (Lipinski definition) is 5. The van der Waals surface area contributed by atoms with Gasteiger partial charge < -0.3 is 25.2 Å². The number of carbonyl (C=O) groups excluding carboxylic acids is 2. The molecule has 0 bridgehead atoms. The highest BCUT2D eigenvalue weighted by Crippen LogP contribution is 2.54. The average Bonchev–Trinajstić information content (AvgIpc) is 3.39. The molecule has 4 unspecified atom stereocenters. The first-order chi connectivity index (χ1) is 19.7. The summed E-state index contributed by atoms with van der Waals surface area (Å²) in [5.41, 5.74) is 5.01. The standard InChI is InChI=1S/C31H30F2N2O6/c1-18(40-16-19-9-3-2-4-10-19)27(28(36)34-15-25-26(29(37)38)31(25,32)33)35-30(39)41-17-24-22-13-7-5-11-20(22)21-12-6-8-14-23(21)24/h2-14,18,24-27H,15-17H2,1H3,(H,34,36)(H,35,39)(H,37,38). The summed E-state index contributed by atoms with van der Waals surface area (Å²) in [7, 11) is 0. The molecule has 0 aromatic heterocycles. The molecule has 41 heavy (non-hydrogen) atoms. The number of amides is 2. The summed E-state index contributed by atoms with van der Waals surface area (Å²) in [5.74, 6) is -9.41. The van der Waals surface area contributed by atoms with Gasteiger partial charge in [-0.1, -0.05) is 78.9 Å². The molecule has 214 valence electrons. The molecule has 0 aliphatic heterocycles. The molecule has 1 saturated carbocycles. The van der Waals surface area contributed by atoms with E-state index in [1.54, 1.807) is 6.92 Å². The highest BCUT2D eigenvalue weighted by Gasteiger charge is 2.72. The lowest BCUT2D eigenvalue weighted by atomic mass is 9.98. The monoisotopic (exact) mass is 564 g/mol. The molecule has 10 heteroatoms. The summed E-state index contributed by atoms with van der Waals surface area (Å²) in [6, 6.07) is 23.6. The first-order valence-corrected chi connectivity index (χ1v) is 13.3. The van der Waals surface area contributed by atoms with Crippen LogP contribution in [0.4, 0.5) is 13.6 Å². The summed E-state index contributed by atoms with van der Waals surface area (Å²) in [4.78, 5) is 37.1. The number of ether oxygens (including phenoxy) is 2. The number of alkyl carbamates (subject to hydrolysis) is 1. The van der Waals surface area contributed by atoms with E-state index in [2.05, 4.69) is 10.6 Å². The summed E-state index contributed by atoms with van der Waals surface area (Å²) >= 11 is 0. The molecule has 0 radical (unpaired) electrons. The van der Waals surface area contributed by atoms with Crippen LogP contribution < -0.4 is 10.6 Å². The molecule has 4 atom stereocenters. The minimum absolute atomic E-state index is 0.0159. The van der Waals surface area contributed by atoms with Gasteiger partial charge in [-0.2, -0.15) is 0 Å².